The lowest BCUT2D eigenvalue weighted by Crippen LogP contribution is -2.27. The van der Waals surface area contributed by atoms with Crippen LogP contribution in [0.4, 0.5) is 4.79 Å². The fraction of sp³-hybridized carbons (Fsp3) is 0.0556. The van der Waals surface area contributed by atoms with E-state index in [0.29, 0.717) is 10.5 Å². The first-order valence-corrected chi connectivity index (χ1v) is 8.68. The summed E-state index contributed by atoms with van der Waals surface area (Å²) < 4.78 is 0.861. The van der Waals surface area contributed by atoms with Crippen LogP contribution in [-0.4, -0.2) is 16.0 Å². The van der Waals surface area contributed by atoms with Gasteiger partial charge in [0.15, 0.2) is 0 Å². The Morgan fingerprint density at radius 1 is 1.12 bits per heavy atom. The molecule has 1 aliphatic heterocycles. The summed E-state index contributed by atoms with van der Waals surface area (Å²) in [5.74, 6) is -0.301. The average molecular weight is 399 g/mol. The first kappa shape index (κ1) is 16.5. The molecule has 118 valence electrons. The van der Waals surface area contributed by atoms with Gasteiger partial charge in [0.25, 0.3) is 11.1 Å². The topological polar surface area (TPSA) is 61.2 Å². The quantitative estimate of drug-likeness (QED) is 0.711. The Labute approximate surface area is 151 Å². The molecule has 1 heterocycles. The van der Waals surface area contributed by atoms with Crippen molar-refractivity contribution < 1.29 is 9.59 Å². The number of hydrogen-bond donors (Lipinski definition) is 0. The fourth-order valence-corrected chi connectivity index (χ4v) is 3.49. The highest BCUT2D eigenvalue weighted by Gasteiger charge is 2.35. The smallest absolute Gasteiger partial charge is 0.268 e. The van der Waals surface area contributed by atoms with Crippen LogP contribution in [0.1, 0.15) is 16.7 Å². The van der Waals surface area contributed by atoms with Crippen molar-refractivity contribution in [2.75, 3.05) is 0 Å². The number of hydrogen-bond acceptors (Lipinski definition) is 4. The van der Waals surface area contributed by atoms with Gasteiger partial charge in [0.2, 0.25) is 0 Å². The molecule has 1 aliphatic rings. The third-order valence-corrected chi connectivity index (χ3v) is 5.18. The van der Waals surface area contributed by atoms with Gasteiger partial charge in [0.1, 0.15) is 0 Å². The zero-order chi connectivity index (χ0) is 17.1. The van der Waals surface area contributed by atoms with Crippen LogP contribution in [0.5, 0.6) is 0 Å². The summed E-state index contributed by atoms with van der Waals surface area (Å²) >= 11 is 4.36. The molecule has 0 radical (unpaired) electrons. The Bertz CT molecular complexity index is 885. The molecule has 4 nitrogen and oxygen atoms in total. The van der Waals surface area contributed by atoms with Crippen LogP contribution in [0.25, 0.3) is 6.08 Å². The van der Waals surface area contributed by atoms with Gasteiger partial charge >= 0.3 is 0 Å². The first-order valence-electron chi connectivity index (χ1n) is 7.07. The normalized spacial score (nSPS) is 15.8. The summed E-state index contributed by atoms with van der Waals surface area (Å²) in [5, 5.41) is 8.53. The average Bonchev–Trinajstić information content (AvgIpc) is 2.85. The predicted octanol–water partition coefficient (Wildman–Crippen LogP) is 4.56. The lowest BCUT2D eigenvalue weighted by atomic mass is 10.1. The molecule has 2 amide bonds. The monoisotopic (exact) mass is 398 g/mol. The molecule has 2 aromatic carbocycles. The number of carbonyl (C=O) groups is 2. The summed E-state index contributed by atoms with van der Waals surface area (Å²) in [7, 11) is 0. The van der Waals surface area contributed by atoms with Crippen molar-refractivity contribution in [3.05, 3.63) is 74.6 Å². The molecule has 2 aromatic rings. The summed E-state index contributed by atoms with van der Waals surface area (Å²) in [6.07, 6.45) is 1.67. The highest BCUT2D eigenvalue weighted by molar-refractivity contribution is 9.10. The zero-order valence-corrected chi connectivity index (χ0v) is 14.8. The lowest BCUT2D eigenvalue weighted by Gasteiger charge is -2.13. The summed E-state index contributed by atoms with van der Waals surface area (Å²) in [6, 6.07) is 16.4. The Morgan fingerprint density at radius 3 is 2.50 bits per heavy atom. The summed E-state index contributed by atoms with van der Waals surface area (Å²) in [6.45, 7) is 0.233. The molecule has 0 spiro atoms. The number of nitriles is 1. The van der Waals surface area contributed by atoms with E-state index in [1.165, 1.54) is 4.90 Å². The molecule has 0 N–H and O–H groups in total. The minimum absolute atomic E-state index is 0.233. The largest absolute Gasteiger partial charge is 0.293 e. The molecule has 0 atom stereocenters. The van der Waals surface area contributed by atoms with E-state index in [2.05, 4.69) is 15.9 Å². The number of imide groups is 1. The molecule has 0 saturated carbocycles. The minimum atomic E-state index is -0.301. The van der Waals surface area contributed by atoms with Crippen LogP contribution < -0.4 is 0 Å². The second kappa shape index (κ2) is 7.04. The van der Waals surface area contributed by atoms with E-state index in [9.17, 15) is 9.59 Å². The standard InChI is InChI=1S/C18H11BrN2O2S/c19-15-4-2-1-3-14(15)11-21-17(22)16(24-18(21)23)9-12-5-7-13(10-20)8-6-12/h1-9H,11H2/b16-9-. The van der Waals surface area contributed by atoms with Crippen LogP contribution in [0.3, 0.4) is 0 Å². The van der Waals surface area contributed by atoms with Crippen LogP contribution in [0.2, 0.25) is 0 Å². The SMILES string of the molecule is N#Cc1ccc(/C=C2\SC(=O)N(Cc3ccccc3Br)C2=O)cc1. The van der Waals surface area contributed by atoms with Gasteiger partial charge in [-0.2, -0.15) is 5.26 Å². The maximum absolute atomic E-state index is 12.5. The van der Waals surface area contributed by atoms with Crippen LogP contribution in [0, 0.1) is 11.3 Å². The van der Waals surface area contributed by atoms with Crippen molar-refractivity contribution >= 4 is 44.9 Å². The number of carbonyl (C=O) groups excluding carboxylic acids is 2. The van der Waals surface area contributed by atoms with E-state index in [1.807, 2.05) is 30.3 Å². The van der Waals surface area contributed by atoms with Crippen molar-refractivity contribution in [3.63, 3.8) is 0 Å². The van der Waals surface area contributed by atoms with Crippen molar-refractivity contribution in [2.24, 2.45) is 0 Å². The van der Waals surface area contributed by atoms with Gasteiger partial charge in [0, 0.05) is 4.47 Å². The van der Waals surface area contributed by atoms with E-state index in [0.717, 1.165) is 27.4 Å². The first-order chi connectivity index (χ1) is 11.6. The molecular formula is C18H11BrN2O2S. The number of nitrogens with zero attached hydrogens (tertiary/aromatic N) is 2. The van der Waals surface area contributed by atoms with Crippen molar-refractivity contribution in [3.8, 4) is 6.07 Å². The highest BCUT2D eigenvalue weighted by Crippen LogP contribution is 2.34. The predicted molar refractivity (Wildman–Crippen MR) is 96.8 cm³/mol. The number of halogens is 1. The third-order valence-electron chi connectivity index (χ3n) is 3.50. The Balaban J connectivity index is 1.82. The molecule has 0 aromatic heterocycles. The Kier molecular flexibility index (Phi) is 4.84. The molecule has 24 heavy (non-hydrogen) atoms. The van der Waals surface area contributed by atoms with E-state index in [-0.39, 0.29) is 17.7 Å². The van der Waals surface area contributed by atoms with Crippen molar-refractivity contribution in [2.45, 2.75) is 6.54 Å². The Morgan fingerprint density at radius 2 is 1.83 bits per heavy atom. The fourth-order valence-electron chi connectivity index (χ4n) is 2.24. The van der Waals surface area contributed by atoms with Crippen LogP contribution in [-0.2, 0) is 11.3 Å². The van der Waals surface area contributed by atoms with E-state index >= 15 is 0 Å². The highest BCUT2D eigenvalue weighted by atomic mass is 79.9. The number of thioether (sulfide) groups is 1. The van der Waals surface area contributed by atoms with E-state index in [1.54, 1.807) is 30.3 Å². The summed E-state index contributed by atoms with van der Waals surface area (Å²) in [5.41, 5.74) is 2.20. The van der Waals surface area contributed by atoms with Crippen LogP contribution in [0.15, 0.2) is 57.9 Å². The maximum Gasteiger partial charge on any atom is 0.293 e. The van der Waals surface area contributed by atoms with Crippen molar-refractivity contribution in [1.82, 2.24) is 4.90 Å². The summed E-state index contributed by atoms with van der Waals surface area (Å²) in [4.78, 5) is 26.3. The van der Waals surface area contributed by atoms with Gasteiger partial charge in [-0.1, -0.05) is 46.3 Å². The van der Waals surface area contributed by atoms with Crippen LogP contribution >= 0.6 is 27.7 Å². The zero-order valence-electron chi connectivity index (χ0n) is 12.4. The van der Waals surface area contributed by atoms with Gasteiger partial charge in [-0.3, -0.25) is 14.5 Å². The molecule has 0 bridgehead atoms. The third kappa shape index (κ3) is 3.42. The number of benzene rings is 2. The second-order valence-corrected chi connectivity index (χ2v) is 6.94. The minimum Gasteiger partial charge on any atom is -0.268 e. The van der Waals surface area contributed by atoms with Gasteiger partial charge in [-0.25, -0.2) is 0 Å². The maximum atomic E-state index is 12.5. The van der Waals surface area contributed by atoms with Gasteiger partial charge in [0.05, 0.1) is 23.1 Å². The number of amides is 2. The molecule has 0 unspecified atom stereocenters. The van der Waals surface area contributed by atoms with E-state index in [4.69, 9.17) is 5.26 Å². The lowest BCUT2D eigenvalue weighted by molar-refractivity contribution is -0.123. The number of rotatable bonds is 3. The van der Waals surface area contributed by atoms with Crippen molar-refractivity contribution in [1.29, 1.82) is 5.26 Å². The van der Waals surface area contributed by atoms with Gasteiger partial charge in [-0.05, 0) is 47.2 Å². The molecule has 3 rings (SSSR count). The Hall–Kier alpha value is -2.36. The molecule has 1 fully saturated rings. The van der Waals surface area contributed by atoms with Gasteiger partial charge in [-0.15, -0.1) is 0 Å². The van der Waals surface area contributed by atoms with E-state index < -0.39 is 0 Å². The second-order valence-electron chi connectivity index (χ2n) is 5.09. The molecule has 0 aliphatic carbocycles. The molecule has 1 saturated heterocycles. The molecule has 6 heteroatoms. The van der Waals surface area contributed by atoms with Gasteiger partial charge < -0.3 is 0 Å². The molecular weight excluding hydrogens is 388 g/mol.